The van der Waals surface area contributed by atoms with Gasteiger partial charge in [0, 0.05) is 15.6 Å². The summed E-state index contributed by atoms with van der Waals surface area (Å²) in [7, 11) is 0. The second kappa shape index (κ2) is 7.15. The average Bonchev–Trinajstić information content (AvgIpc) is 3.02. The number of rotatable bonds is 4. The van der Waals surface area contributed by atoms with Crippen molar-refractivity contribution in [3.8, 4) is 0 Å². The molecule has 0 amide bonds. The molecule has 0 spiro atoms. The molecule has 0 aliphatic heterocycles. The molecule has 2 aromatic heterocycles. The lowest BCUT2D eigenvalue weighted by Gasteiger charge is -2.08. The molecule has 0 bridgehead atoms. The molecule has 130 valence electrons. The van der Waals surface area contributed by atoms with E-state index in [1.54, 1.807) is 33.8 Å². The summed E-state index contributed by atoms with van der Waals surface area (Å²) in [5.41, 5.74) is 2.24. The zero-order valence-electron chi connectivity index (χ0n) is 13.8. The van der Waals surface area contributed by atoms with Crippen LogP contribution in [-0.2, 0) is 6.54 Å². The van der Waals surface area contributed by atoms with E-state index in [0.29, 0.717) is 33.4 Å². The summed E-state index contributed by atoms with van der Waals surface area (Å²) in [5.74, 6) is 1.38. The van der Waals surface area contributed by atoms with Crippen molar-refractivity contribution in [2.45, 2.75) is 27.3 Å². The third kappa shape index (κ3) is 3.56. The third-order valence-electron chi connectivity index (χ3n) is 3.73. The van der Waals surface area contributed by atoms with Crippen LogP contribution in [0.3, 0.4) is 0 Å². The van der Waals surface area contributed by atoms with Crippen LogP contribution >= 0.6 is 34.8 Å². The van der Waals surface area contributed by atoms with Crippen molar-refractivity contribution in [2.24, 2.45) is 5.10 Å². The number of aromatic nitrogens is 5. The molecule has 25 heavy (non-hydrogen) atoms. The third-order valence-corrected chi connectivity index (χ3v) is 4.84. The lowest BCUT2D eigenvalue weighted by molar-refractivity contribution is 0.680. The fraction of sp³-hybridized carbons (Fsp3) is 0.250. The molecule has 3 aromatic rings. The van der Waals surface area contributed by atoms with Gasteiger partial charge in [-0.2, -0.15) is 10.2 Å². The monoisotopic (exact) mass is 396 g/mol. The number of aryl methyl sites for hydroxylation is 3. The van der Waals surface area contributed by atoms with E-state index in [4.69, 9.17) is 34.8 Å². The number of nitrogens with zero attached hydrogens (tertiary/aromatic N) is 6. The van der Waals surface area contributed by atoms with Crippen LogP contribution in [0.2, 0.25) is 15.2 Å². The van der Waals surface area contributed by atoms with Crippen LogP contribution in [0.25, 0.3) is 0 Å². The number of hydrogen-bond donors (Lipinski definition) is 0. The highest BCUT2D eigenvalue weighted by Crippen LogP contribution is 2.27. The fourth-order valence-corrected chi connectivity index (χ4v) is 3.20. The van der Waals surface area contributed by atoms with Crippen LogP contribution in [0.4, 0.5) is 0 Å². The minimum atomic E-state index is 0.372. The Balaban J connectivity index is 1.94. The summed E-state index contributed by atoms with van der Waals surface area (Å²) in [5, 5.41) is 18.4. The van der Waals surface area contributed by atoms with Crippen LogP contribution in [0.1, 0.15) is 28.5 Å². The highest BCUT2D eigenvalue weighted by atomic mass is 35.5. The molecule has 0 N–H and O–H groups in total. The normalized spacial score (nSPS) is 11.6. The van der Waals surface area contributed by atoms with E-state index in [1.807, 2.05) is 20.8 Å². The first-order chi connectivity index (χ1) is 11.9. The minimum Gasteiger partial charge on any atom is -0.249 e. The number of halogens is 3. The Bertz CT molecular complexity index is 917. The predicted octanol–water partition coefficient (Wildman–Crippen LogP) is 4.29. The van der Waals surface area contributed by atoms with Gasteiger partial charge in [0.1, 0.15) is 5.15 Å². The van der Waals surface area contributed by atoms with E-state index in [9.17, 15) is 0 Å². The molecule has 0 radical (unpaired) electrons. The molecular formula is C16H15Cl3N6. The second-order valence-corrected chi connectivity index (χ2v) is 6.67. The van der Waals surface area contributed by atoms with Crippen LogP contribution in [0.15, 0.2) is 23.3 Å². The number of hydrogen-bond acceptors (Lipinski definition) is 4. The lowest BCUT2D eigenvalue weighted by atomic mass is 10.2. The van der Waals surface area contributed by atoms with Gasteiger partial charge in [-0.1, -0.05) is 40.9 Å². The molecule has 0 aliphatic rings. The SMILES string of the molecule is Cc1nn(Cc2c(Cl)cccc2Cl)c(Cl)c1/C=N\n1c(C)nnc1C. The summed E-state index contributed by atoms with van der Waals surface area (Å²) >= 11 is 18.9. The quantitative estimate of drug-likeness (QED) is 0.617. The van der Waals surface area contributed by atoms with E-state index in [-0.39, 0.29) is 0 Å². The Labute approximate surface area is 160 Å². The maximum Gasteiger partial charge on any atom is 0.151 e. The first-order valence-corrected chi connectivity index (χ1v) is 8.60. The molecule has 2 heterocycles. The standard InChI is InChI=1S/C16H15Cl3N6/c1-9-12(7-20-25-10(2)21-22-11(25)3)16(19)24(23-9)8-13-14(17)5-4-6-15(13)18/h4-7H,8H2,1-3H3/b20-7-. The van der Waals surface area contributed by atoms with Gasteiger partial charge >= 0.3 is 0 Å². The van der Waals surface area contributed by atoms with Gasteiger partial charge in [-0.3, -0.25) is 0 Å². The van der Waals surface area contributed by atoms with E-state index in [0.717, 1.165) is 16.8 Å². The van der Waals surface area contributed by atoms with Crippen LogP contribution in [-0.4, -0.2) is 30.9 Å². The molecular weight excluding hydrogens is 383 g/mol. The van der Waals surface area contributed by atoms with Gasteiger partial charge in [0.2, 0.25) is 0 Å². The van der Waals surface area contributed by atoms with Gasteiger partial charge < -0.3 is 0 Å². The van der Waals surface area contributed by atoms with E-state index in [2.05, 4.69) is 20.4 Å². The number of benzene rings is 1. The van der Waals surface area contributed by atoms with Crippen molar-refractivity contribution in [3.05, 3.63) is 61.9 Å². The molecule has 0 fully saturated rings. The van der Waals surface area contributed by atoms with E-state index in [1.165, 1.54) is 0 Å². The molecule has 9 heteroatoms. The molecule has 0 unspecified atom stereocenters. The molecule has 0 saturated carbocycles. The minimum absolute atomic E-state index is 0.372. The summed E-state index contributed by atoms with van der Waals surface area (Å²) in [6.45, 7) is 5.89. The Hall–Kier alpha value is -1.89. The fourth-order valence-electron chi connectivity index (χ4n) is 2.40. The van der Waals surface area contributed by atoms with E-state index < -0.39 is 0 Å². The average molecular weight is 398 g/mol. The van der Waals surface area contributed by atoms with E-state index >= 15 is 0 Å². The molecule has 1 aromatic carbocycles. The zero-order valence-corrected chi connectivity index (χ0v) is 16.1. The van der Waals surface area contributed by atoms with Crippen LogP contribution < -0.4 is 0 Å². The molecule has 6 nitrogen and oxygen atoms in total. The highest BCUT2D eigenvalue weighted by molar-refractivity contribution is 6.36. The Kier molecular flexibility index (Phi) is 5.13. The lowest BCUT2D eigenvalue weighted by Crippen LogP contribution is -2.03. The summed E-state index contributed by atoms with van der Waals surface area (Å²) < 4.78 is 3.29. The van der Waals surface area contributed by atoms with Crippen molar-refractivity contribution >= 4 is 41.0 Å². The van der Waals surface area contributed by atoms with Crippen molar-refractivity contribution in [1.29, 1.82) is 0 Å². The predicted molar refractivity (Wildman–Crippen MR) is 100 cm³/mol. The maximum absolute atomic E-state index is 6.49. The van der Waals surface area contributed by atoms with Crippen molar-refractivity contribution in [3.63, 3.8) is 0 Å². The highest BCUT2D eigenvalue weighted by Gasteiger charge is 2.15. The van der Waals surface area contributed by atoms with Gasteiger partial charge in [0.05, 0.1) is 24.0 Å². The van der Waals surface area contributed by atoms with Crippen molar-refractivity contribution in [2.75, 3.05) is 0 Å². The molecule has 0 atom stereocenters. The maximum atomic E-state index is 6.49. The molecule has 0 aliphatic carbocycles. The zero-order chi connectivity index (χ0) is 18.1. The summed E-state index contributed by atoms with van der Waals surface area (Å²) in [4.78, 5) is 0. The van der Waals surface area contributed by atoms with Crippen molar-refractivity contribution in [1.82, 2.24) is 24.7 Å². The van der Waals surface area contributed by atoms with Crippen molar-refractivity contribution < 1.29 is 0 Å². The largest absolute Gasteiger partial charge is 0.249 e. The summed E-state index contributed by atoms with van der Waals surface area (Å²) in [6, 6.07) is 5.37. The Morgan fingerprint density at radius 1 is 1.04 bits per heavy atom. The first-order valence-electron chi connectivity index (χ1n) is 7.47. The first kappa shape index (κ1) is 17.9. The van der Waals surface area contributed by atoms with Crippen LogP contribution in [0.5, 0.6) is 0 Å². The van der Waals surface area contributed by atoms with Gasteiger partial charge in [-0.25, -0.2) is 9.36 Å². The Morgan fingerprint density at radius 2 is 1.64 bits per heavy atom. The van der Waals surface area contributed by atoms with Gasteiger partial charge in [-0.15, -0.1) is 10.2 Å². The van der Waals surface area contributed by atoms with Gasteiger partial charge in [0.15, 0.2) is 11.6 Å². The van der Waals surface area contributed by atoms with Gasteiger partial charge in [0.25, 0.3) is 0 Å². The second-order valence-electron chi connectivity index (χ2n) is 5.50. The molecule has 3 rings (SSSR count). The van der Waals surface area contributed by atoms with Crippen LogP contribution in [0, 0.1) is 20.8 Å². The topological polar surface area (TPSA) is 60.9 Å². The smallest absolute Gasteiger partial charge is 0.151 e. The Morgan fingerprint density at radius 3 is 2.24 bits per heavy atom. The molecule has 0 saturated heterocycles. The van der Waals surface area contributed by atoms with Gasteiger partial charge in [-0.05, 0) is 32.9 Å². The summed E-state index contributed by atoms with van der Waals surface area (Å²) in [6.07, 6.45) is 1.65.